The number of hydrogen-bond donors (Lipinski definition) is 2. The summed E-state index contributed by atoms with van der Waals surface area (Å²) in [6.07, 6.45) is -1.11. The fraction of sp³-hybridized carbons (Fsp3) is 0.294. The Labute approximate surface area is 123 Å². The lowest BCUT2D eigenvalue weighted by molar-refractivity contribution is 0.143. The van der Waals surface area contributed by atoms with Crippen molar-refractivity contribution in [3.05, 3.63) is 70.3 Å². The molecule has 0 aliphatic rings. The molecule has 0 saturated carbocycles. The maximum Gasteiger partial charge on any atom is 0.131 e. The molecule has 0 fully saturated rings. The topological polar surface area (TPSA) is 46.2 Å². The summed E-state index contributed by atoms with van der Waals surface area (Å²) in [4.78, 5) is 0. The van der Waals surface area contributed by atoms with Crippen LogP contribution >= 0.6 is 0 Å². The zero-order valence-electron chi connectivity index (χ0n) is 12.1. The molecular weight excluding hydrogens is 272 g/mol. The maximum absolute atomic E-state index is 13.9. The fourth-order valence-electron chi connectivity index (χ4n) is 2.47. The van der Waals surface area contributed by atoms with Gasteiger partial charge in [0, 0.05) is 24.1 Å². The number of aliphatic hydroxyl groups is 1. The molecule has 2 unspecified atom stereocenters. The highest BCUT2D eigenvalue weighted by molar-refractivity contribution is 5.33. The van der Waals surface area contributed by atoms with Crippen molar-refractivity contribution in [1.82, 2.24) is 0 Å². The third-order valence-corrected chi connectivity index (χ3v) is 3.70. The van der Waals surface area contributed by atoms with Gasteiger partial charge in [-0.05, 0) is 31.0 Å². The first-order valence-corrected chi connectivity index (χ1v) is 6.84. The quantitative estimate of drug-likeness (QED) is 0.907. The molecule has 0 saturated heterocycles. The van der Waals surface area contributed by atoms with E-state index in [9.17, 15) is 13.9 Å². The van der Waals surface area contributed by atoms with Gasteiger partial charge in [-0.25, -0.2) is 8.78 Å². The fourth-order valence-corrected chi connectivity index (χ4v) is 2.47. The first-order valence-electron chi connectivity index (χ1n) is 6.84. The van der Waals surface area contributed by atoms with Crippen molar-refractivity contribution >= 4 is 0 Å². The van der Waals surface area contributed by atoms with E-state index in [4.69, 9.17) is 5.73 Å². The number of aryl methyl sites for hydroxylation is 2. The van der Waals surface area contributed by atoms with E-state index >= 15 is 0 Å². The van der Waals surface area contributed by atoms with Gasteiger partial charge in [0.05, 0.1) is 6.10 Å². The monoisotopic (exact) mass is 291 g/mol. The van der Waals surface area contributed by atoms with Gasteiger partial charge >= 0.3 is 0 Å². The van der Waals surface area contributed by atoms with Crippen LogP contribution in [0.5, 0.6) is 0 Å². The summed E-state index contributed by atoms with van der Waals surface area (Å²) in [6, 6.07) is 9.71. The highest BCUT2D eigenvalue weighted by atomic mass is 19.1. The van der Waals surface area contributed by atoms with E-state index in [2.05, 4.69) is 0 Å². The lowest BCUT2D eigenvalue weighted by Gasteiger charge is -2.23. The second-order valence-electron chi connectivity index (χ2n) is 5.32. The SMILES string of the molecule is Cc1cccc(C(CN)C(O)c2cc(C)c(F)cc2F)c1. The van der Waals surface area contributed by atoms with E-state index in [1.165, 1.54) is 13.0 Å². The van der Waals surface area contributed by atoms with Crippen molar-refractivity contribution in [2.45, 2.75) is 25.9 Å². The molecule has 0 radical (unpaired) electrons. The van der Waals surface area contributed by atoms with E-state index in [1.54, 1.807) is 0 Å². The standard InChI is InChI=1S/C17H19F2NO/c1-10-4-3-5-12(6-10)14(9-20)17(21)13-7-11(2)15(18)8-16(13)19/h3-8,14,17,21H,9,20H2,1-2H3. The third-order valence-electron chi connectivity index (χ3n) is 3.70. The van der Waals surface area contributed by atoms with Gasteiger partial charge in [-0.3, -0.25) is 0 Å². The van der Waals surface area contributed by atoms with Crippen LogP contribution in [0.25, 0.3) is 0 Å². The Morgan fingerprint density at radius 2 is 1.81 bits per heavy atom. The van der Waals surface area contributed by atoms with Gasteiger partial charge in [-0.2, -0.15) is 0 Å². The molecule has 112 valence electrons. The Morgan fingerprint density at radius 3 is 2.43 bits per heavy atom. The maximum atomic E-state index is 13.9. The van der Waals surface area contributed by atoms with Crippen molar-refractivity contribution in [1.29, 1.82) is 0 Å². The number of nitrogens with two attached hydrogens (primary N) is 1. The molecule has 2 atom stereocenters. The van der Waals surface area contributed by atoms with Crippen LogP contribution in [-0.4, -0.2) is 11.7 Å². The number of hydrogen-bond acceptors (Lipinski definition) is 2. The van der Waals surface area contributed by atoms with Gasteiger partial charge in [0.1, 0.15) is 11.6 Å². The number of rotatable bonds is 4. The van der Waals surface area contributed by atoms with Gasteiger partial charge in [-0.15, -0.1) is 0 Å². The Balaban J connectivity index is 2.41. The van der Waals surface area contributed by atoms with Gasteiger partial charge in [0.2, 0.25) is 0 Å². The number of aliphatic hydroxyl groups excluding tert-OH is 1. The minimum Gasteiger partial charge on any atom is -0.388 e. The van der Waals surface area contributed by atoms with E-state index in [0.29, 0.717) is 5.56 Å². The molecule has 2 aromatic rings. The Hall–Kier alpha value is -1.78. The molecule has 4 heteroatoms. The van der Waals surface area contributed by atoms with Crippen LogP contribution in [0.15, 0.2) is 36.4 Å². The molecule has 0 amide bonds. The summed E-state index contributed by atoms with van der Waals surface area (Å²) in [5.41, 5.74) is 8.00. The molecule has 2 rings (SSSR count). The minimum absolute atomic E-state index is 0.0749. The van der Waals surface area contributed by atoms with Crippen molar-refractivity contribution in [2.24, 2.45) is 5.73 Å². The molecule has 3 N–H and O–H groups in total. The average molecular weight is 291 g/mol. The van der Waals surface area contributed by atoms with Gasteiger partial charge in [0.15, 0.2) is 0 Å². The van der Waals surface area contributed by atoms with Crippen molar-refractivity contribution in [2.75, 3.05) is 6.54 Å². The summed E-state index contributed by atoms with van der Waals surface area (Å²) in [5.74, 6) is -1.82. The Morgan fingerprint density at radius 1 is 1.10 bits per heavy atom. The minimum atomic E-state index is -1.11. The molecular formula is C17H19F2NO. The summed E-state index contributed by atoms with van der Waals surface area (Å²) >= 11 is 0. The van der Waals surface area contributed by atoms with E-state index in [1.807, 2.05) is 31.2 Å². The third kappa shape index (κ3) is 3.28. The summed E-state index contributed by atoms with van der Waals surface area (Å²) in [5, 5.41) is 10.5. The van der Waals surface area contributed by atoms with Crippen molar-refractivity contribution < 1.29 is 13.9 Å². The lowest BCUT2D eigenvalue weighted by atomic mass is 9.88. The molecule has 2 nitrogen and oxygen atoms in total. The Bertz CT molecular complexity index is 643. The summed E-state index contributed by atoms with van der Waals surface area (Å²) in [7, 11) is 0. The Kier molecular flexibility index (Phi) is 4.70. The predicted molar refractivity (Wildman–Crippen MR) is 79.0 cm³/mol. The molecule has 0 heterocycles. The van der Waals surface area contributed by atoms with Gasteiger partial charge in [0.25, 0.3) is 0 Å². The highest BCUT2D eigenvalue weighted by Gasteiger charge is 2.25. The first-order chi connectivity index (χ1) is 9.93. The van der Waals surface area contributed by atoms with Crippen molar-refractivity contribution in [3.63, 3.8) is 0 Å². The normalized spacial score (nSPS) is 14.0. The van der Waals surface area contributed by atoms with Crippen molar-refractivity contribution in [3.8, 4) is 0 Å². The van der Waals surface area contributed by atoms with Crippen LogP contribution in [-0.2, 0) is 0 Å². The summed E-state index contributed by atoms with van der Waals surface area (Å²) < 4.78 is 27.3. The second-order valence-corrected chi connectivity index (χ2v) is 5.32. The van der Waals surface area contributed by atoms with Gasteiger partial charge < -0.3 is 10.8 Å². The van der Waals surface area contributed by atoms with E-state index in [-0.39, 0.29) is 12.1 Å². The molecule has 0 aliphatic carbocycles. The number of halogens is 2. The second kappa shape index (κ2) is 6.33. The van der Waals surface area contributed by atoms with Crippen LogP contribution in [0.2, 0.25) is 0 Å². The smallest absolute Gasteiger partial charge is 0.131 e. The molecule has 0 aromatic heterocycles. The molecule has 21 heavy (non-hydrogen) atoms. The molecule has 0 bridgehead atoms. The van der Waals surface area contributed by atoms with Crippen LogP contribution in [0.4, 0.5) is 8.78 Å². The average Bonchev–Trinajstić information content (AvgIpc) is 2.43. The predicted octanol–water partition coefficient (Wildman–Crippen LogP) is 3.36. The van der Waals surface area contributed by atoms with Crippen LogP contribution < -0.4 is 5.73 Å². The summed E-state index contributed by atoms with van der Waals surface area (Å²) in [6.45, 7) is 3.64. The first kappa shape index (κ1) is 15.6. The van der Waals surface area contributed by atoms with Crippen LogP contribution in [0, 0.1) is 25.5 Å². The lowest BCUT2D eigenvalue weighted by Crippen LogP contribution is -2.21. The van der Waals surface area contributed by atoms with E-state index < -0.39 is 23.7 Å². The number of benzene rings is 2. The zero-order chi connectivity index (χ0) is 15.6. The highest BCUT2D eigenvalue weighted by Crippen LogP contribution is 2.32. The molecule has 0 spiro atoms. The molecule has 2 aromatic carbocycles. The molecule has 0 aliphatic heterocycles. The largest absolute Gasteiger partial charge is 0.388 e. The van der Waals surface area contributed by atoms with Crippen LogP contribution in [0.3, 0.4) is 0 Å². The zero-order valence-corrected chi connectivity index (χ0v) is 12.1. The van der Waals surface area contributed by atoms with Gasteiger partial charge in [-0.1, -0.05) is 29.8 Å². The van der Waals surface area contributed by atoms with Crippen LogP contribution in [0.1, 0.15) is 34.3 Å². The van der Waals surface area contributed by atoms with E-state index in [0.717, 1.165) is 17.2 Å².